The molecule has 0 bridgehead atoms. The molecule has 32 heavy (non-hydrogen) atoms. The Morgan fingerprint density at radius 3 is 2.69 bits per heavy atom. The van der Waals surface area contributed by atoms with Crippen molar-refractivity contribution in [3.8, 4) is 0 Å². The van der Waals surface area contributed by atoms with Gasteiger partial charge in [-0.15, -0.1) is 0 Å². The number of carbonyl (C=O) groups excluding carboxylic acids is 1. The van der Waals surface area contributed by atoms with E-state index in [0.717, 1.165) is 31.7 Å². The summed E-state index contributed by atoms with van der Waals surface area (Å²) >= 11 is 6.19. The molecule has 2 heterocycles. The fraction of sp³-hybridized carbons (Fsp3) is 0.318. The minimum atomic E-state index is -2.69. The topological polar surface area (TPSA) is 92.3 Å². The molecule has 0 amide bonds. The summed E-state index contributed by atoms with van der Waals surface area (Å²) in [6.07, 6.45) is 4.60. The molecule has 2 aromatic carbocycles. The quantitative estimate of drug-likeness (QED) is 0.294. The van der Waals surface area contributed by atoms with Crippen LogP contribution in [-0.2, 0) is 17.3 Å². The number of fused-ring (bicyclic) bond motifs is 1. The molecule has 0 aliphatic carbocycles. The summed E-state index contributed by atoms with van der Waals surface area (Å²) in [7, 11) is -2.69. The summed E-state index contributed by atoms with van der Waals surface area (Å²) in [6, 6.07) is 7.89. The van der Waals surface area contributed by atoms with Crippen LogP contribution >= 0.6 is 11.6 Å². The van der Waals surface area contributed by atoms with E-state index in [-0.39, 0.29) is 29.1 Å². The van der Waals surface area contributed by atoms with Crippen LogP contribution in [0.2, 0.25) is 5.02 Å². The molecule has 0 unspecified atom stereocenters. The highest BCUT2D eigenvalue weighted by atomic mass is 35.5. The Balaban J connectivity index is 1.62. The predicted octanol–water partition coefficient (Wildman–Crippen LogP) is 3.30. The van der Waals surface area contributed by atoms with Gasteiger partial charge >= 0.3 is 0 Å². The van der Waals surface area contributed by atoms with Crippen molar-refractivity contribution >= 4 is 45.1 Å². The molecule has 1 aliphatic heterocycles. The first kappa shape index (κ1) is 22.6. The highest BCUT2D eigenvalue weighted by molar-refractivity contribution is 7.70. The predicted molar refractivity (Wildman–Crippen MR) is 122 cm³/mol. The van der Waals surface area contributed by atoms with Gasteiger partial charge in [0.05, 0.1) is 27.8 Å². The van der Waals surface area contributed by atoms with Crippen LogP contribution in [0.25, 0.3) is 11.0 Å². The van der Waals surface area contributed by atoms with E-state index in [4.69, 9.17) is 11.6 Å². The third-order valence-corrected chi connectivity index (χ3v) is 6.28. The molecule has 0 saturated carbocycles. The molecular formula is C22H22ClFN4O3S. The maximum Gasteiger partial charge on any atom is 0.201 e. The van der Waals surface area contributed by atoms with E-state index in [1.54, 1.807) is 24.4 Å². The minimum Gasteiger partial charge on any atom is -0.355 e. The molecule has 7 nitrogen and oxygen atoms in total. The summed E-state index contributed by atoms with van der Waals surface area (Å²) in [6.45, 7) is 2.03. The van der Waals surface area contributed by atoms with Gasteiger partial charge in [0.2, 0.25) is 10.9 Å². The number of aromatic nitrogens is 2. The van der Waals surface area contributed by atoms with Crippen LogP contribution in [0.3, 0.4) is 0 Å². The zero-order chi connectivity index (χ0) is 22.7. The van der Waals surface area contributed by atoms with Gasteiger partial charge in [-0.1, -0.05) is 17.7 Å². The van der Waals surface area contributed by atoms with Crippen LogP contribution in [0.4, 0.5) is 10.2 Å². The summed E-state index contributed by atoms with van der Waals surface area (Å²) in [4.78, 5) is 24.4. The number of rotatable bonds is 8. The van der Waals surface area contributed by atoms with Gasteiger partial charge in [0.25, 0.3) is 0 Å². The number of nitrogens with one attached hydrogen (secondary N) is 1. The molecule has 0 atom stereocenters. The summed E-state index contributed by atoms with van der Waals surface area (Å²) in [5.41, 5.74) is 1.58. The van der Waals surface area contributed by atoms with Crippen molar-refractivity contribution in [2.75, 3.05) is 24.5 Å². The third-order valence-electron chi connectivity index (χ3n) is 5.48. The fourth-order valence-electron chi connectivity index (χ4n) is 3.83. The number of halogens is 2. The summed E-state index contributed by atoms with van der Waals surface area (Å²) in [5, 5.41) is 0.0222. The molecule has 1 aromatic heterocycles. The van der Waals surface area contributed by atoms with Gasteiger partial charge in [0.1, 0.15) is 11.6 Å². The van der Waals surface area contributed by atoms with E-state index in [1.807, 2.05) is 0 Å². The lowest BCUT2D eigenvalue weighted by Crippen LogP contribution is -2.19. The van der Waals surface area contributed by atoms with Crippen molar-refractivity contribution in [3.05, 3.63) is 64.1 Å². The van der Waals surface area contributed by atoms with E-state index < -0.39 is 22.5 Å². The lowest BCUT2D eigenvalue weighted by molar-refractivity contribution is 0.103. The van der Waals surface area contributed by atoms with Gasteiger partial charge in [-0.2, -0.15) is 0 Å². The Kier molecular flexibility index (Phi) is 6.98. The molecule has 0 spiro atoms. The highest BCUT2D eigenvalue weighted by Crippen LogP contribution is 2.27. The second-order valence-corrected chi connectivity index (χ2v) is 8.86. The maximum atomic E-state index is 15.2. The lowest BCUT2D eigenvalue weighted by Gasteiger charge is -2.16. The number of thiol groups is 1. The largest absolute Gasteiger partial charge is 0.355 e. The van der Waals surface area contributed by atoms with Crippen molar-refractivity contribution < 1.29 is 17.6 Å². The Bertz CT molecular complexity index is 1240. The molecule has 3 aromatic rings. The Morgan fingerprint density at radius 2 is 1.94 bits per heavy atom. The normalized spacial score (nSPS) is 13.9. The van der Waals surface area contributed by atoms with Gasteiger partial charge in [-0.3, -0.25) is 9.78 Å². The fourth-order valence-corrected chi connectivity index (χ4v) is 4.40. The monoisotopic (exact) mass is 476 g/mol. The van der Waals surface area contributed by atoms with Gasteiger partial charge in [0, 0.05) is 25.2 Å². The van der Waals surface area contributed by atoms with Crippen LogP contribution in [0, 0.1) is 5.82 Å². The zero-order valence-corrected chi connectivity index (χ0v) is 18.8. The zero-order valence-electron chi connectivity index (χ0n) is 17.2. The van der Waals surface area contributed by atoms with Gasteiger partial charge in [-0.05, 0) is 55.5 Å². The Hall–Kier alpha value is -2.62. The first-order valence-corrected chi connectivity index (χ1v) is 11.9. The summed E-state index contributed by atoms with van der Waals surface area (Å²) < 4.78 is 38.6. The number of hydrogen-bond donors (Lipinski definition) is 2. The standard InChI is InChI=1S/C22H22ClFN4O3S/c23-16-7-5-14(4-3-9-26-32(30)31)21(24)20(16)22(29)15-6-8-17-18(12-15)27-19(13-25-17)28-10-1-2-11-28/h5-8,12-13,32H,1-4,9-11H2,(H,26,30,31). The van der Waals surface area contributed by atoms with Crippen molar-refractivity contribution in [2.45, 2.75) is 25.7 Å². The highest BCUT2D eigenvalue weighted by Gasteiger charge is 2.22. The molecule has 168 valence electrons. The molecule has 1 N–H and O–H groups in total. The molecular weight excluding hydrogens is 455 g/mol. The molecule has 1 fully saturated rings. The van der Waals surface area contributed by atoms with Crippen molar-refractivity contribution in [1.29, 1.82) is 0 Å². The molecule has 1 aliphatic rings. The number of carbonyl (C=O) groups is 1. The second-order valence-electron chi connectivity index (χ2n) is 7.62. The van der Waals surface area contributed by atoms with E-state index in [0.29, 0.717) is 23.0 Å². The van der Waals surface area contributed by atoms with E-state index in [9.17, 15) is 13.2 Å². The first-order valence-electron chi connectivity index (χ1n) is 10.4. The van der Waals surface area contributed by atoms with E-state index in [2.05, 4.69) is 19.6 Å². The maximum absolute atomic E-state index is 15.2. The number of ketones is 1. The second kappa shape index (κ2) is 9.89. The number of anilines is 1. The van der Waals surface area contributed by atoms with E-state index in [1.165, 1.54) is 12.1 Å². The van der Waals surface area contributed by atoms with Gasteiger partial charge in [-0.25, -0.2) is 22.5 Å². The van der Waals surface area contributed by atoms with Crippen molar-refractivity contribution in [3.63, 3.8) is 0 Å². The van der Waals surface area contributed by atoms with Crippen LogP contribution in [0.1, 0.15) is 40.7 Å². The Labute approximate surface area is 191 Å². The number of nitrogens with zero attached hydrogens (tertiary/aromatic N) is 3. The molecule has 10 heteroatoms. The molecule has 4 rings (SSSR count). The molecule has 0 radical (unpaired) electrons. The minimum absolute atomic E-state index is 0.0222. The number of hydrogen-bond acceptors (Lipinski definition) is 6. The number of benzene rings is 2. The average Bonchev–Trinajstić information content (AvgIpc) is 3.32. The van der Waals surface area contributed by atoms with Crippen LogP contribution in [-0.4, -0.2) is 43.8 Å². The van der Waals surface area contributed by atoms with Crippen LogP contribution < -0.4 is 9.62 Å². The third kappa shape index (κ3) is 4.90. The Morgan fingerprint density at radius 1 is 1.16 bits per heavy atom. The number of aryl methyl sites for hydroxylation is 1. The average molecular weight is 477 g/mol. The van der Waals surface area contributed by atoms with Crippen LogP contribution in [0.15, 0.2) is 36.5 Å². The van der Waals surface area contributed by atoms with Crippen LogP contribution in [0.5, 0.6) is 0 Å². The van der Waals surface area contributed by atoms with Gasteiger partial charge < -0.3 is 4.90 Å². The molecule has 1 saturated heterocycles. The smallest absolute Gasteiger partial charge is 0.201 e. The lowest BCUT2D eigenvalue weighted by atomic mass is 9.98. The summed E-state index contributed by atoms with van der Waals surface area (Å²) in [5.74, 6) is -0.462. The van der Waals surface area contributed by atoms with Crippen molar-refractivity contribution in [2.24, 2.45) is 0 Å². The van der Waals surface area contributed by atoms with Gasteiger partial charge in [0.15, 0.2) is 5.78 Å². The SMILES string of the molecule is O=C(c1ccc2ncc(N3CCCC3)nc2c1)c1c(Cl)ccc(CCCN[SH](=O)=O)c1F. The van der Waals surface area contributed by atoms with Crippen molar-refractivity contribution in [1.82, 2.24) is 14.7 Å². The van der Waals surface area contributed by atoms with E-state index >= 15 is 4.39 Å². The first-order chi connectivity index (χ1) is 15.4.